The second kappa shape index (κ2) is 4.51. The Kier molecular flexibility index (Phi) is 3.41. The first-order valence-corrected chi connectivity index (χ1v) is 6.40. The van der Waals surface area contributed by atoms with Crippen LogP contribution in [0, 0.1) is 0 Å². The summed E-state index contributed by atoms with van der Waals surface area (Å²) in [6, 6.07) is 4.67. The largest absolute Gasteiger partial charge is 0.495 e. The summed E-state index contributed by atoms with van der Waals surface area (Å²) in [6.45, 7) is 7.68. The number of carbonyl (C=O) groups is 1. The molecule has 0 aromatic heterocycles. The molecule has 6 heteroatoms. The first-order chi connectivity index (χ1) is 8.64. The Labute approximate surface area is 117 Å². The first kappa shape index (κ1) is 14.4. The maximum Gasteiger partial charge on any atom is 0.495 e. The maximum atomic E-state index is 11.3. The van der Waals surface area contributed by atoms with Crippen LogP contribution in [-0.2, 0) is 9.31 Å². The molecule has 4 nitrogen and oxygen atoms in total. The van der Waals surface area contributed by atoms with E-state index in [1.165, 1.54) is 6.07 Å². The van der Waals surface area contributed by atoms with Gasteiger partial charge in [0.15, 0.2) is 0 Å². The molecular weight excluding hydrogens is 266 g/mol. The summed E-state index contributed by atoms with van der Waals surface area (Å²) in [7, 11) is -0.701. The van der Waals surface area contributed by atoms with Gasteiger partial charge in [0.25, 0.3) is 0 Å². The van der Waals surface area contributed by atoms with Crippen molar-refractivity contribution in [3.8, 4) is 0 Å². The lowest BCUT2D eigenvalue weighted by Crippen LogP contribution is -2.41. The van der Waals surface area contributed by atoms with Gasteiger partial charge in [0.2, 0.25) is 0 Å². The van der Waals surface area contributed by atoms with Gasteiger partial charge in [-0.3, -0.25) is 0 Å². The molecule has 0 saturated carbocycles. The number of aromatic carboxylic acids is 1. The van der Waals surface area contributed by atoms with Crippen molar-refractivity contribution in [3.63, 3.8) is 0 Å². The van der Waals surface area contributed by atoms with E-state index in [1.54, 1.807) is 12.1 Å². The SMILES string of the molecule is CC1(C)OB(c2ccc(Cl)cc2C(=O)O)OC1(C)C. The molecule has 1 N–H and O–H groups in total. The molecule has 1 fully saturated rings. The van der Waals surface area contributed by atoms with Crippen molar-refractivity contribution in [1.29, 1.82) is 0 Å². The first-order valence-electron chi connectivity index (χ1n) is 6.02. The molecule has 1 heterocycles. The highest BCUT2D eigenvalue weighted by Crippen LogP contribution is 2.36. The standard InChI is InChI=1S/C13H16BClO4/c1-12(2)13(3,4)19-14(18-12)10-6-5-8(15)7-9(10)11(16)17/h5-7H,1-4H3,(H,16,17). The van der Waals surface area contributed by atoms with E-state index in [9.17, 15) is 9.90 Å². The highest BCUT2D eigenvalue weighted by molar-refractivity contribution is 6.63. The zero-order valence-electron chi connectivity index (χ0n) is 11.4. The molecule has 0 radical (unpaired) electrons. The highest BCUT2D eigenvalue weighted by Gasteiger charge is 2.52. The van der Waals surface area contributed by atoms with Crippen LogP contribution in [0.1, 0.15) is 38.1 Å². The Hall–Kier alpha value is -1.04. The van der Waals surface area contributed by atoms with Crippen molar-refractivity contribution in [1.82, 2.24) is 0 Å². The number of halogens is 1. The van der Waals surface area contributed by atoms with E-state index in [4.69, 9.17) is 20.9 Å². The van der Waals surface area contributed by atoms with Crippen LogP contribution in [0.3, 0.4) is 0 Å². The molecule has 0 bridgehead atoms. The number of benzene rings is 1. The average molecular weight is 283 g/mol. The number of hydrogen-bond donors (Lipinski definition) is 1. The smallest absolute Gasteiger partial charge is 0.478 e. The summed E-state index contributed by atoms with van der Waals surface area (Å²) >= 11 is 5.83. The van der Waals surface area contributed by atoms with E-state index in [0.29, 0.717) is 10.5 Å². The molecule has 0 amide bonds. The predicted molar refractivity (Wildman–Crippen MR) is 74.1 cm³/mol. The van der Waals surface area contributed by atoms with E-state index in [-0.39, 0.29) is 5.56 Å². The van der Waals surface area contributed by atoms with Crippen LogP contribution in [0.4, 0.5) is 0 Å². The Morgan fingerprint density at radius 3 is 2.21 bits per heavy atom. The van der Waals surface area contributed by atoms with E-state index in [0.717, 1.165) is 0 Å². The summed E-state index contributed by atoms with van der Waals surface area (Å²) in [5.41, 5.74) is -0.429. The Bertz CT molecular complexity index is 511. The molecule has 1 aliphatic rings. The van der Waals surface area contributed by atoms with Crippen LogP contribution in [-0.4, -0.2) is 29.4 Å². The molecule has 19 heavy (non-hydrogen) atoms. The van der Waals surface area contributed by atoms with Crippen LogP contribution in [0.5, 0.6) is 0 Å². The summed E-state index contributed by atoms with van der Waals surface area (Å²) in [5.74, 6) is -1.05. The van der Waals surface area contributed by atoms with Gasteiger partial charge in [-0.05, 0) is 45.3 Å². The Morgan fingerprint density at radius 2 is 1.74 bits per heavy atom. The fraction of sp³-hybridized carbons (Fsp3) is 0.462. The molecule has 0 atom stereocenters. The topological polar surface area (TPSA) is 55.8 Å². The van der Waals surface area contributed by atoms with Crippen LogP contribution >= 0.6 is 11.6 Å². The van der Waals surface area contributed by atoms with Crippen LogP contribution < -0.4 is 5.46 Å². The summed E-state index contributed by atoms with van der Waals surface area (Å²) < 4.78 is 11.7. The van der Waals surface area contributed by atoms with Crippen LogP contribution in [0.25, 0.3) is 0 Å². The monoisotopic (exact) mass is 282 g/mol. The van der Waals surface area contributed by atoms with Crippen molar-refractivity contribution in [2.24, 2.45) is 0 Å². The van der Waals surface area contributed by atoms with Gasteiger partial charge in [0, 0.05) is 5.02 Å². The summed E-state index contributed by atoms with van der Waals surface area (Å²) in [4.78, 5) is 11.3. The number of hydrogen-bond acceptors (Lipinski definition) is 3. The fourth-order valence-corrected chi connectivity index (χ4v) is 2.06. The lowest BCUT2D eigenvalue weighted by Gasteiger charge is -2.32. The van der Waals surface area contributed by atoms with Crippen LogP contribution in [0.2, 0.25) is 5.02 Å². The highest BCUT2D eigenvalue weighted by atomic mass is 35.5. The number of rotatable bonds is 2. The lowest BCUT2D eigenvalue weighted by atomic mass is 9.76. The number of carboxylic acids is 1. The van der Waals surface area contributed by atoms with Gasteiger partial charge in [0.1, 0.15) is 0 Å². The molecule has 0 unspecified atom stereocenters. The van der Waals surface area contributed by atoms with E-state index < -0.39 is 24.3 Å². The quantitative estimate of drug-likeness (QED) is 0.846. The van der Waals surface area contributed by atoms with Gasteiger partial charge >= 0.3 is 13.1 Å². The molecule has 1 aromatic rings. The molecule has 102 valence electrons. The minimum absolute atomic E-state index is 0.103. The zero-order chi connectivity index (χ0) is 14.4. The van der Waals surface area contributed by atoms with Gasteiger partial charge in [-0.25, -0.2) is 4.79 Å². The third-order valence-electron chi connectivity index (χ3n) is 3.75. The summed E-state index contributed by atoms with van der Waals surface area (Å²) in [6.07, 6.45) is 0. The normalized spacial score (nSPS) is 20.6. The molecule has 0 spiro atoms. The lowest BCUT2D eigenvalue weighted by molar-refractivity contribution is 0.00578. The average Bonchev–Trinajstić information content (AvgIpc) is 2.47. The summed E-state index contributed by atoms with van der Waals surface area (Å²) in [5, 5.41) is 9.61. The van der Waals surface area contributed by atoms with Gasteiger partial charge in [-0.1, -0.05) is 17.7 Å². The van der Waals surface area contributed by atoms with Gasteiger partial charge < -0.3 is 14.4 Å². The van der Waals surface area contributed by atoms with Crippen molar-refractivity contribution < 1.29 is 19.2 Å². The van der Waals surface area contributed by atoms with Gasteiger partial charge in [-0.15, -0.1) is 0 Å². The Balaban J connectivity index is 2.42. The zero-order valence-corrected chi connectivity index (χ0v) is 12.1. The van der Waals surface area contributed by atoms with Gasteiger partial charge in [0.05, 0.1) is 16.8 Å². The third kappa shape index (κ3) is 2.50. The van der Waals surface area contributed by atoms with Crippen molar-refractivity contribution in [2.75, 3.05) is 0 Å². The molecule has 2 rings (SSSR count). The van der Waals surface area contributed by atoms with Crippen LogP contribution in [0.15, 0.2) is 18.2 Å². The molecule has 1 aliphatic heterocycles. The van der Waals surface area contributed by atoms with E-state index >= 15 is 0 Å². The third-order valence-corrected chi connectivity index (χ3v) is 3.99. The predicted octanol–water partition coefficient (Wildman–Crippen LogP) is 2.34. The second-order valence-corrected chi connectivity index (χ2v) is 6.06. The Morgan fingerprint density at radius 1 is 1.21 bits per heavy atom. The second-order valence-electron chi connectivity index (χ2n) is 5.62. The van der Waals surface area contributed by atoms with Crippen molar-refractivity contribution in [2.45, 2.75) is 38.9 Å². The molecule has 1 aromatic carbocycles. The molecule has 0 aliphatic carbocycles. The van der Waals surface area contributed by atoms with Crippen molar-refractivity contribution in [3.05, 3.63) is 28.8 Å². The molecular formula is C13H16BClO4. The van der Waals surface area contributed by atoms with E-state index in [2.05, 4.69) is 0 Å². The van der Waals surface area contributed by atoms with E-state index in [1.807, 2.05) is 27.7 Å². The van der Waals surface area contributed by atoms with Gasteiger partial charge in [-0.2, -0.15) is 0 Å². The maximum absolute atomic E-state index is 11.3. The fourth-order valence-electron chi connectivity index (χ4n) is 1.89. The minimum Gasteiger partial charge on any atom is -0.478 e. The van der Waals surface area contributed by atoms with Crippen molar-refractivity contribution >= 4 is 30.2 Å². The minimum atomic E-state index is -1.05. The number of carboxylic acid groups (broad SMARTS) is 1. The molecule has 1 saturated heterocycles.